The van der Waals surface area contributed by atoms with Crippen molar-refractivity contribution in [3.8, 4) is 0 Å². The molecule has 9 nitrogen and oxygen atoms in total. The van der Waals surface area contributed by atoms with Gasteiger partial charge in [0, 0.05) is 18.0 Å². The predicted octanol–water partition coefficient (Wildman–Crippen LogP) is 4.43. The molecule has 200 valence electrons. The zero-order chi connectivity index (χ0) is 26.6. The number of esters is 2. The third-order valence-corrected chi connectivity index (χ3v) is 9.93. The van der Waals surface area contributed by atoms with Gasteiger partial charge in [0.15, 0.2) is 6.61 Å². The van der Waals surface area contributed by atoms with E-state index in [4.69, 9.17) is 21.1 Å². The number of thiophene rings is 1. The number of carbonyl (C=O) groups excluding carboxylic acids is 3. The third-order valence-electron chi connectivity index (χ3n) is 6.34. The summed E-state index contributed by atoms with van der Waals surface area (Å²) >= 11 is 7.51. The standard InChI is InChI=1S/C25H29ClN2O7S2/c1-2-34-25(31)22-17-8-4-5-9-19(17)36-23(22)27-21(29)15-35-24(30)16-10-11-18(26)20(14-16)37(32,33)28-12-6-3-7-13-28/h10-11,14H,2-9,12-13,15H2,1H3,(H,27,29). The van der Waals surface area contributed by atoms with Gasteiger partial charge in [-0.25, -0.2) is 18.0 Å². The van der Waals surface area contributed by atoms with E-state index >= 15 is 0 Å². The Morgan fingerprint density at radius 1 is 1.03 bits per heavy atom. The van der Waals surface area contributed by atoms with Crippen molar-refractivity contribution < 1.29 is 32.3 Å². The van der Waals surface area contributed by atoms with Crippen LogP contribution in [0.5, 0.6) is 0 Å². The monoisotopic (exact) mass is 568 g/mol. The summed E-state index contributed by atoms with van der Waals surface area (Å²) in [6.07, 6.45) is 6.02. The molecule has 1 aromatic heterocycles. The number of sulfonamides is 1. The highest BCUT2D eigenvalue weighted by Crippen LogP contribution is 2.38. The Balaban J connectivity index is 1.44. The lowest BCUT2D eigenvalue weighted by Crippen LogP contribution is -2.35. The number of nitrogens with zero attached hydrogens (tertiary/aromatic N) is 1. The molecule has 1 saturated heterocycles. The zero-order valence-electron chi connectivity index (χ0n) is 20.5. The maximum atomic E-state index is 13.1. The minimum atomic E-state index is -3.87. The molecule has 0 bridgehead atoms. The molecule has 2 aliphatic rings. The number of aryl methyl sites for hydroxylation is 1. The number of halogens is 1. The van der Waals surface area contributed by atoms with E-state index in [1.54, 1.807) is 6.92 Å². The molecular weight excluding hydrogens is 540 g/mol. The first-order valence-electron chi connectivity index (χ1n) is 12.3. The summed E-state index contributed by atoms with van der Waals surface area (Å²) in [6.45, 7) is 2.11. The second-order valence-corrected chi connectivity index (χ2v) is 12.3. The second-order valence-electron chi connectivity index (χ2n) is 8.87. The van der Waals surface area contributed by atoms with Crippen LogP contribution >= 0.6 is 22.9 Å². The molecule has 1 aliphatic heterocycles. The van der Waals surface area contributed by atoms with Crippen LogP contribution in [-0.2, 0) is 37.1 Å². The summed E-state index contributed by atoms with van der Waals surface area (Å²) in [7, 11) is -3.87. The van der Waals surface area contributed by atoms with Crippen LogP contribution in [0.4, 0.5) is 5.00 Å². The number of anilines is 1. The number of fused-ring (bicyclic) bond motifs is 1. The molecule has 4 rings (SSSR count). The van der Waals surface area contributed by atoms with Gasteiger partial charge in [-0.1, -0.05) is 18.0 Å². The Morgan fingerprint density at radius 3 is 2.49 bits per heavy atom. The van der Waals surface area contributed by atoms with Crippen molar-refractivity contribution in [2.45, 2.75) is 56.8 Å². The van der Waals surface area contributed by atoms with Crippen molar-refractivity contribution >= 4 is 55.8 Å². The number of benzene rings is 1. The fraction of sp³-hybridized carbons (Fsp3) is 0.480. The number of ether oxygens (including phenoxy) is 2. The number of carbonyl (C=O) groups is 3. The predicted molar refractivity (Wildman–Crippen MR) is 140 cm³/mol. The molecule has 1 aromatic carbocycles. The number of hydrogen-bond acceptors (Lipinski definition) is 8. The van der Waals surface area contributed by atoms with Gasteiger partial charge in [0.1, 0.15) is 9.90 Å². The first kappa shape index (κ1) is 27.6. The summed E-state index contributed by atoms with van der Waals surface area (Å²) in [6, 6.07) is 3.86. The Kier molecular flexibility index (Phi) is 8.89. The summed E-state index contributed by atoms with van der Waals surface area (Å²) < 4.78 is 37.8. The van der Waals surface area contributed by atoms with Crippen molar-refractivity contribution in [3.05, 3.63) is 44.8 Å². The molecule has 1 N–H and O–H groups in total. The number of hydrogen-bond donors (Lipinski definition) is 1. The fourth-order valence-electron chi connectivity index (χ4n) is 4.52. The van der Waals surface area contributed by atoms with Gasteiger partial charge in [-0.05, 0) is 69.2 Å². The van der Waals surface area contributed by atoms with Crippen molar-refractivity contribution in [2.24, 2.45) is 0 Å². The molecule has 12 heteroatoms. The normalized spacial score (nSPS) is 16.1. The average molecular weight is 569 g/mol. The van der Waals surface area contributed by atoms with E-state index in [0.29, 0.717) is 23.7 Å². The zero-order valence-corrected chi connectivity index (χ0v) is 22.9. The smallest absolute Gasteiger partial charge is 0.341 e. The molecule has 0 saturated carbocycles. The SMILES string of the molecule is CCOC(=O)c1c(NC(=O)COC(=O)c2ccc(Cl)c(S(=O)(=O)N3CCCCC3)c2)sc2c1CCCC2. The number of rotatable bonds is 8. The van der Waals surface area contributed by atoms with Gasteiger partial charge in [0.2, 0.25) is 10.0 Å². The molecule has 0 radical (unpaired) electrons. The van der Waals surface area contributed by atoms with Gasteiger partial charge in [-0.2, -0.15) is 4.31 Å². The van der Waals surface area contributed by atoms with E-state index < -0.39 is 34.5 Å². The summed E-state index contributed by atoms with van der Waals surface area (Å²) in [5.41, 5.74) is 1.24. The Hall–Kier alpha value is -2.47. The molecule has 0 atom stereocenters. The maximum absolute atomic E-state index is 13.1. The lowest BCUT2D eigenvalue weighted by atomic mass is 9.95. The Bertz CT molecular complexity index is 1300. The highest BCUT2D eigenvalue weighted by molar-refractivity contribution is 7.89. The first-order chi connectivity index (χ1) is 17.7. The van der Waals surface area contributed by atoms with Gasteiger partial charge in [-0.3, -0.25) is 4.79 Å². The number of piperidine rings is 1. The van der Waals surface area contributed by atoms with Crippen LogP contribution in [0.25, 0.3) is 0 Å². The largest absolute Gasteiger partial charge is 0.462 e. The maximum Gasteiger partial charge on any atom is 0.341 e. The van der Waals surface area contributed by atoms with Crippen molar-refractivity contribution in [2.75, 3.05) is 31.6 Å². The van der Waals surface area contributed by atoms with Gasteiger partial charge in [0.25, 0.3) is 5.91 Å². The lowest BCUT2D eigenvalue weighted by Gasteiger charge is -2.26. The summed E-state index contributed by atoms with van der Waals surface area (Å²) in [5.74, 6) is -1.97. The molecule has 2 aromatic rings. The van der Waals surface area contributed by atoms with Crippen molar-refractivity contribution in [3.63, 3.8) is 0 Å². The summed E-state index contributed by atoms with van der Waals surface area (Å²) in [5, 5.41) is 3.07. The topological polar surface area (TPSA) is 119 Å². The van der Waals surface area contributed by atoms with Crippen molar-refractivity contribution in [1.82, 2.24) is 4.31 Å². The molecule has 2 heterocycles. The van der Waals surface area contributed by atoms with E-state index in [9.17, 15) is 22.8 Å². The van der Waals surface area contributed by atoms with Gasteiger partial charge < -0.3 is 14.8 Å². The van der Waals surface area contributed by atoms with E-state index in [0.717, 1.165) is 55.4 Å². The number of nitrogens with one attached hydrogen (secondary N) is 1. The fourth-order valence-corrected chi connectivity index (χ4v) is 7.83. The van der Waals surface area contributed by atoms with Crippen molar-refractivity contribution in [1.29, 1.82) is 0 Å². The highest BCUT2D eigenvalue weighted by atomic mass is 35.5. The van der Waals surface area contributed by atoms with Gasteiger partial charge in [0.05, 0.1) is 22.8 Å². The molecule has 0 spiro atoms. The average Bonchev–Trinajstić information content (AvgIpc) is 3.25. The molecule has 1 aliphatic carbocycles. The third kappa shape index (κ3) is 6.17. The highest BCUT2D eigenvalue weighted by Gasteiger charge is 2.30. The van der Waals surface area contributed by atoms with Crippen LogP contribution in [-0.4, -0.2) is 56.9 Å². The molecular formula is C25H29ClN2O7S2. The Labute approximate surface area is 225 Å². The van der Waals surface area contributed by atoms with Crippen LogP contribution in [0.2, 0.25) is 5.02 Å². The van der Waals surface area contributed by atoms with Gasteiger partial charge >= 0.3 is 11.9 Å². The first-order valence-corrected chi connectivity index (χ1v) is 14.9. The van der Waals surface area contributed by atoms with E-state index in [1.165, 1.54) is 33.8 Å². The quantitative estimate of drug-likeness (QED) is 0.468. The minimum Gasteiger partial charge on any atom is -0.462 e. The molecule has 1 fully saturated rings. The van der Waals surface area contributed by atoms with Crippen LogP contribution in [0.15, 0.2) is 23.1 Å². The van der Waals surface area contributed by atoms with E-state index in [1.807, 2.05) is 0 Å². The Morgan fingerprint density at radius 2 is 1.76 bits per heavy atom. The van der Waals surface area contributed by atoms with E-state index in [-0.39, 0.29) is 22.1 Å². The van der Waals surface area contributed by atoms with E-state index in [2.05, 4.69) is 5.32 Å². The molecule has 37 heavy (non-hydrogen) atoms. The van der Waals surface area contributed by atoms with Gasteiger partial charge in [-0.15, -0.1) is 11.3 Å². The lowest BCUT2D eigenvalue weighted by molar-refractivity contribution is -0.119. The van der Waals surface area contributed by atoms with Crippen LogP contribution in [0.1, 0.15) is 70.2 Å². The van der Waals surface area contributed by atoms with Crippen LogP contribution in [0, 0.1) is 0 Å². The van der Waals surface area contributed by atoms with Crippen LogP contribution < -0.4 is 5.32 Å². The molecule has 1 amide bonds. The summed E-state index contributed by atoms with van der Waals surface area (Å²) in [4.78, 5) is 38.7. The van der Waals surface area contributed by atoms with Crippen LogP contribution in [0.3, 0.4) is 0 Å². The minimum absolute atomic E-state index is 0.00743. The second kappa shape index (κ2) is 11.9. The number of amides is 1. The molecule has 0 unspecified atom stereocenters.